The van der Waals surface area contributed by atoms with Crippen LogP contribution < -0.4 is 0 Å². The number of nitrogens with one attached hydrogen (secondary N) is 1. The van der Waals surface area contributed by atoms with Gasteiger partial charge in [-0.1, -0.05) is 41.9 Å². The van der Waals surface area contributed by atoms with Crippen LogP contribution in [0.1, 0.15) is 30.1 Å². The van der Waals surface area contributed by atoms with E-state index in [1.807, 2.05) is 18.2 Å². The zero-order valence-electron chi connectivity index (χ0n) is 13.0. The van der Waals surface area contributed by atoms with Crippen LogP contribution in [0.25, 0.3) is 11.0 Å². The Morgan fingerprint density at radius 3 is 2.83 bits per heavy atom. The standard InChI is InChI=1S/C19H20ClN3/c20-16-8-2-1-6-14(16)12-23-11-5-7-15(13-23)19-21-17-9-3-4-10-18(17)22-19/h1-4,6,8-10,15H,5,7,11-13H2,(H,21,22). The van der Waals surface area contributed by atoms with Gasteiger partial charge in [0.25, 0.3) is 0 Å². The molecule has 0 radical (unpaired) electrons. The van der Waals surface area contributed by atoms with Gasteiger partial charge in [-0.15, -0.1) is 0 Å². The van der Waals surface area contributed by atoms with E-state index in [-0.39, 0.29) is 0 Å². The molecule has 3 aromatic rings. The number of para-hydroxylation sites is 2. The van der Waals surface area contributed by atoms with E-state index in [1.54, 1.807) is 0 Å². The maximum Gasteiger partial charge on any atom is 0.111 e. The molecule has 2 heterocycles. The zero-order chi connectivity index (χ0) is 15.6. The molecule has 23 heavy (non-hydrogen) atoms. The van der Waals surface area contributed by atoms with Gasteiger partial charge in [0.15, 0.2) is 0 Å². The second kappa shape index (κ2) is 6.34. The second-order valence-corrected chi connectivity index (χ2v) is 6.71. The van der Waals surface area contributed by atoms with Crippen molar-refractivity contribution in [1.29, 1.82) is 0 Å². The van der Waals surface area contributed by atoms with E-state index in [9.17, 15) is 0 Å². The number of H-pyrrole nitrogens is 1. The van der Waals surface area contributed by atoms with Gasteiger partial charge in [0.2, 0.25) is 0 Å². The van der Waals surface area contributed by atoms with Gasteiger partial charge in [0.05, 0.1) is 11.0 Å². The number of likely N-dealkylation sites (tertiary alicyclic amines) is 1. The van der Waals surface area contributed by atoms with Crippen LogP contribution in [0.5, 0.6) is 0 Å². The summed E-state index contributed by atoms with van der Waals surface area (Å²) in [5.74, 6) is 1.59. The molecule has 1 saturated heterocycles. The topological polar surface area (TPSA) is 31.9 Å². The Bertz CT molecular complexity index is 778. The highest BCUT2D eigenvalue weighted by Gasteiger charge is 2.24. The first-order valence-electron chi connectivity index (χ1n) is 8.20. The number of nitrogens with zero attached hydrogens (tertiary/aromatic N) is 2. The van der Waals surface area contributed by atoms with Crippen molar-refractivity contribution in [3.05, 3.63) is 64.9 Å². The summed E-state index contributed by atoms with van der Waals surface area (Å²) < 4.78 is 0. The van der Waals surface area contributed by atoms with E-state index in [1.165, 1.54) is 18.4 Å². The first kappa shape index (κ1) is 14.7. The summed E-state index contributed by atoms with van der Waals surface area (Å²) in [4.78, 5) is 10.8. The fourth-order valence-corrected chi connectivity index (χ4v) is 3.65. The number of piperidine rings is 1. The molecular weight excluding hydrogens is 306 g/mol. The Kier molecular flexibility index (Phi) is 4.06. The van der Waals surface area contributed by atoms with Crippen molar-refractivity contribution in [1.82, 2.24) is 14.9 Å². The van der Waals surface area contributed by atoms with Crippen molar-refractivity contribution in [3.8, 4) is 0 Å². The van der Waals surface area contributed by atoms with Crippen LogP contribution in [0.4, 0.5) is 0 Å². The number of aromatic amines is 1. The Hall–Kier alpha value is -1.84. The fourth-order valence-electron chi connectivity index (χ4n) is 3.46. The average molecular weight is 326 g/mol. The van der Waals surface area contributed by atoms with Crippen LogP contribution in [-0.2, 0) is 6.54 Å². The lowest BCUT2D eigenvalue weighted by Crippen LogP contribution is -2.34. The number of benzene rings is 2. The molecule has 0 aliphatic carbocycles. The van der Waals surface area contributed by atoms with Gasteiger partial charge >= 0.3 is 0 Å². The summed E-state index contributed by atoms with van der Waals surface area (Å²) in [6.45, 7) is 3.07. The highest BCUT2D eigenvalue weighted by atomic mass is 35.5. The Morgan fingerprint density at radius 1 is 1.13 bits per heavy atom. The summed E-state index contributed by atoms with van der Waals surface area (Å²) in [6, 6.07) is 16.4. The van der Waals surface area contributed by atoms with Crippen LogP contribution in [0.2, 0.25) is 5.02 Å². The molecule has 1 atom stereocenters. The quantitative estimate of drug-likeness (QED) is 0.763. The molecule has 1 aliphatic heterocycles. The lowest BCUT2D eigenvalue weighted by molar-refractivity contribution is 0.197. The minimum absolute atomic E-state index is 0.471. The summed E-state index contributed by atoms with van der Waals surface area (Å²) in [5.41, 5.74) is 3.40. The molecule has 1 fully saturated rings. The van der Waals surface area contributed by atoms with Gasteiger partial charge < -0.3 is 4.98 Å². The van der Waals surface area contributed by atoms with E-state index < -0.39 is 0 Å². The monoisotopic (exact) mass is 325 g/mol. The van der Waals surface area contributed by atoms with Crippen molar-refractivity contribution in [2.24, 2.45) is 0 Å². The van der Waals surface area contributed by atoms with E-state index in [0.29, 0.717) is 5.92 Å². The molecule has 1 unspecified atom stereocenters. The van der Waals surface area contributed by atoms with E-state index in [4.69, 9.17) is 16.6 Å². The van der Waals surface area contributed by atoms with Gasteiger partial charge in [-0.05, 0) is 43.1 Å². The van der Waals surface area contributed by atoms with E-state index in [0.717, 1.165) is 41.5 Å². The summed E-state index contributed by atoms with van der Waals surface area (Å²) in [7, 11) is 0. The van der Waals surface area contributed by atoms with Crippen molar-refractivity contribution >= 4 is 22.6 Å². The maximum atomic E-state index is 6.31. The third-order valence-electron chi connectivity index (χ3n) is 4.65. The Labute approximate surface area is 141 Å². The molecular formula is C19H20ClN3. The average Bonchev–Trinajstić information content (AvgIpc) is 3.01. The molecule has 0 saturated carbocycles. The number of aromatic nitrogens is 2. The highest BCUT2D eigenvalue weighted by molar-refractivity contribution is 6.31. The number of hydrogen-bond acceptors (Lipinski definition) is 2. The summed E-state index contributed by atoms with van der Waals surface area (Å²) in [6.07, 6.45) is 2.39. The summed E-state index contributed by atoms with van der Waals surface area (Å²) in [5, 5.41) is 0.860. The van der Waals surface area contributed by atoms with Gasteiger partial charge in [0.1, 0.15) is 5.82 Å². The predicted molar refractivity (Wildman–Crippen MR) is 94.8 cm³/mol. The largest absolute Gasteiger partial charge is 0.342 e. The number of imidazole rings is 1. The van der Waals surface area contributed by atoms with E-state index >= 15 is 0 Å². The molecule has 1 aliphatic rings. The highest BCUT2D eigenvalue weighted by Crippen LogP contribution is 2.28. The van der Waals surface area contributed by atoms with Crippen LogP contribution in [0.15, 0.2) is 48.5 Å². The molecule has 1 aromatic heterocycles. The van der Waals surface area contributed by atoms with Crippen molar-refractivity contribution in [2.45, 2.75) is 25.3 Å². The SMILES string of the molecule is Clc1ccccc1CN1CCCC(c2nc3ccccc3[nH]2)C1. The van der Waals surface area contributed by atoms with Gasteiger partial charge in [-0.25, -0.2) is 4.98 Å². The number of rotatable bonds is 3. The summed E-state index contributed by atoms with van der Waals surface area (Å²) >= 11 is 6.31. The number of hydrogen-bond donors (Lipinski definition) is 1. The number of fused-ring (bicyclic) bond motifs is 1. The lowest BCUT2D eigenvalue weighted by atomic mass is 9.97. The first-order chi connectivity index (χ1) is 11.3. The van der Waals surface area contributed by atoms with Crippen molar-refractivity contribution < 1.29 is 0 Å². The third-order valence-corrected chi connectivity index (χ3v) is 5.02. The van der Waals surface area contributed by atoms with Crippen LogP contribution in [0, 0.1) is 0 Å². The Balaban J connectivity index is 1.51. The van der Waals surface area contributed by atoms with Crippen LogP contribution >= 0.6 is 11.6 Å². The zero-order valence-corrected chi connectivity index (χ0v) is 13.8. The first-order valence-corrected chi connectivity index (χ1v) is 8.58. The fraction of sp³-hybridized carbons (Fsp3) is 0.316. The predicted octanol–water partition coefficient (Wildman–Crippen LogP) is 4.60. The van der Waals surface area contributed by atoms with Gasteiger partial charge in [0, 0.05) is 24.0 Å². The molecule has 3 nitrogen and oxygen atoms in total. The normalized spacial score (nSPS) is 19.3. The molecule has 0 amide bonds. The number of halogens is 1. The Morgan fingerprint density at radius 2 is 1.96 bits per heavy atom. The third kappa shape index (κ3) is 3.12. The van der Waals surface area contributed by atoms with Crippen LogP contribution in [-0.4, -0.2) is 28.0 Å². The van der Waals surface area contributed by atoms with Crippen molar-refractivity contribution in [3.63, 3.8) is 0 Å². The van der Waals surface area contributed by atoms with Crippen molar-refractivity contribution in [2.75, 3.05) is 13.1 Å². The second-order valence-electron chi connectivity index (χ2n) is 6.30. The van der Waals surface area contributed by atoms with Gasteiger partial charge in [-0.3, -0.25) is 4.90 Å². The molecule has 1 N–H and O–H groups in total. The smallest absolute Gasteiger partial charge is 0.111 e. The minimum Gasteiger partial charge on any atom is -0.342 e. The molecule has 0 spiro atoms. The molecule has 4 heteroatoms. The molecule has 118 valence electrons. The maximum absolute atomic E-state index is 6.31. The lowest BCUT2D eigenvalue weighted by Gasteiger charge is -2.32. The van der Waals surface area contributed by atoms with Gasteiger partial charge in [-0.2, -0.15) is 0 Å². The van der Waals surface area contributed by atoms with E-state index in [2.05, 4.69) is 40.2 Å². The molecule has 0 bridgehead atoms. The molecule has 4 rings (SSSR count). The molecule has 2 aromatic carbocycles. The minimum atomic E-state index is 0.471. The van der Waals surface area contributed by atoms with Crippen LogP contribution in [0.3, 0.4) is 0 Å².